The van der Waals surface area contributed by atoms with Crippen LogP contribution in [0, 0.1) is 0 Å². The molecular weight excluding hydrogens is 545 g/mol. The van der Waals surface area contributed by atoms with Crippen LogP contribution >= 0.6 is 34.5 Å². The number of halogens is 2. The van der Waals surface area contributed by atoms with E-state index in [-0.39, 0.29) is 0 Å². The second-order valence-electron chi connectivity index (χ2n) is 8.08. The summed E-state index contributed by atoms with van der Waals surface area (Å²) in [6.45, 7) is 0. The van der Waals surface area contributed by atoms with Crippen molar-refractivity contribution in [1.29, 1.82) is 0 Å². The summed E-state index contributed by atoms with van der Waals surface area (Å²) in [7, 11) is 6.37. The van der Waals surface area contributed by atoms with Crippen molar-refractivity contribution in [3.05, 3.63) is 76.1 Å². The first kappa shape index (κ1) is 25.9. The topological polar surface area (TPSA) is 67.6 Å². The maximum atomic E-state index is 7.06. The number of hydrogen-bond acceptors (Lipinski definition) is 7. The summed E-state index contributed by atoms with van der Waals surface area (Å²) in [6.07, 6.45) is 0. The molecule has 3 aromatic carbocycles. The van der Waals surface area contributed by atoms with Gasteiger partial charge >= 0.3 is 0 Å². The van der Waals surface area contributed by atoms with E-state index in [9.17, 15) is 0 Å². The lowest BCUT2D eigenvalue weighted by molar-refractivity contribution is 0.355. The van der Waals surface area contributed by atoms with Gasteiger partial charge in [0.2, 0.25) is 5.13 Å². The number of thiazole rings is 1. The number of nitrogens with zero attached hydrogens (tertiary/aromatic N) is 3. The van der Waals surface area contributed by atoms with Gasteiger partial charge in [-0.1, -0.05) is 35.3 Å². The summed E-state index contributed by atoms with van der Waals surface area (Å²) in [5.41, 5.74) is 4.54. The quantitative estimate of drug-likeness (QED) is 0.191. The minimum Gasteiger partial charge on any atom is -0.493 e. The molecule has 0 atom stereocenters. The van der Waals surface area contributed by atoms with Gasteiger partial charge in [0.1, 0.15) is 5.69 Å². The van der Waals surface area contributed by atoms with Gasteiger partial charge in [-0.15, -0.1) is 11.3 Å². The third-order valence-electron chi connectivity index (χ3n) is 5.95. The lowest BCUT2D eigenvalue weighted by Crippen LogP contribution is -2.00. The molecule has 0 fully saturated rings. The van der Waals surface area contributed by atoms with Gasteiger partial charge in [-0.3, -0.25) is 0 Å². The van der Waals surface area contributed by atoms with Crippen molar-refractivity contribution in [2.45, 2.75) is 0 Å². The molecule has 194 valence electrons. The van der Waals surface area contributed by atoms with Crippen molar-refractivity contribution >= 4 is 34.5 Å². The van der Waals surface area contributed by atoms with Gasteiger partial charge in [-0.2, -0.15) is 5.10 Å². The van der Waals surface area contributed by atoms with Gasteiger partial charge in [0.15, 0.2) is 23.0 Å². The van der Waals surface area contributed by atoms with Crippen molar-refractivity contribution < 1.29 is 18.9 Å². The van der Waals surface area contributed by atoms with Crippen LogP contribution in [0.4, 0.5) is 0 Å². The molecule has 0 aliphatic heterocycles. The first-order chi connectivity index (χ1) is 18.5. The van der Waals surface area contributed by atoms with Crippen LogP contribution in [0.2, 0.25) is 10.0 Å². The molecule has 7 nitrogen and oxygen atoms in total. The van der Waals surface area contributed by atoms with Crippen LogP contribution in [0.5, 0.6) is 23.0 Å². The average Bonchev–Trinajstić information content (AvgIpc) is 3.57. The summed E-state index contributed by atoms with van der Waals surface area (Å²) in [6, 6.07) is 18.7. The van der Waals surface area contributed by atoms with E-state index in [1.807, 2.05) is 66.0 Å². The van der Waals surface area contributed by atoms with E-state index in [0.29, 0.717) is 49.6 Å². The maximum Gasteiger partial charge on any atom is 0.211 e. The highest BCUT2D eigenvalue weighted by molar-refractivity contribution is 7.12. The van der Waals surface area contributed by atoms with E-state index in [2.05, 4.69) is 0 Å². The zero-order valence-corrected chi connectivity index (χ0v) is 23.3. The minimum absolute atomic E-state index is 0.452. The first-order valence-corrected chi connectivity index (χ1v) is 13.1. The normalized spacial score (nSPS) is 10.9. The summed E-state index contributed by atoms with van der Waals surface area (Å²) in [5.74, 6) is 2.36. The second kappa shape index (κ2) is 10.9. The highest BCUT2D eigenvalue weighted by Crippen LogP contribution is 2.43. The van der Waals surface area contributed by atoms with Crippen molar-refractivity contribution in [2.75, 3.05) is 28.4 Å². The molecule has 2 aromatic heterocycles. The van der Waals surface area contributed by atoms with Gasteiger partial charge < -0.3 is 18.9 Å². The summed E-state index contributed by atoms with van der Waals surface area (Å²) >= 11 is 14.6. The number of aromatic nitrogens is 3. The highest BCUT2D eigenvalue weighted by Gasteiger charge is 2.24. The predicted molar refractivity (Wildman–Crippen MR) is 152 cm³/mol. The minimum atomic E-state index is 0.452. The summed E-state index contributed by atoms with van der Waals surface area (Å²) in [5, 5.41) is 8.66. The summed E-state index contributed by atoms with van der Waals surface area (Å²) in [4.78, 5) is 4.87. The lowest BCUT2D eigenvalue weighted by atomic mass is 10.1. The molecule has 0 aliphatic rings. The van der Waals surface area contributed by atoms with Crippen LogP contribution in [0.25, 0.3) is 38.9 Å². The Labute approximate surface area is 234 Å². The third kappa shape index (κ3) is 4.78. The van der Waals surface area contributed by atoms with Gasteiger partial charge in [-0.25, -0.2) is 9.67 Å². The molecule has 5 rings (SSSR count). The highest BCUT2D eigenvalue weighted by atomic mass is 35.5. The maximum absolute atomic E-state index is 7.06. The van der Waals surface area contributed by atoms with Gasteiger partial charge in [0.05, 0.1) is 44.8 Å². The van der Waals surface area contributed by atoms with Crippen LogP contribution in [0.1, 0.15) is 0 Å². The van der Waals surface area contributed by atoms with Crippen molar-refractivity contribution in [3.8, 4) is 61.9 Å². The molecule has 0 amide bonds. The van der Waals surface area contributed by atoms with Crippen LogP contribution < -0.4 is 18.9 Å². The van der Waals surface area contributed by atoms with Crippen molar-refractivity contribution in [1.82, 2.24) is 14.8 Å². The molecule has 0 spiro atoms. The van der Waals surface area contributed by atoms with Gasteiger partial charge in [0, 0.05) is 27.1 Å². The molecule has 0 aliphatic carbocycles. The number of hydrogen-bond donors (Lipinski definition) is 0. The third-order valence-corrected chi connectivity index (χ3v) is 7.38. The lowest BCUT2D eigenvalue weighted by Gasteiger charge is -2.11. The fraction of sp³-hybridized carbons (Fsp3) is 0.143. The molecule has 10 heteroatoms. The molecule has 38 heavy (non-hydrogen) atoms. The van der Waals surface area contributed by atoms with E-state index in [0.717, 1.165) is 22.4 Å². The molecule has 5 aromatic rings. The molecule has 0 saturated heterocycles. The Hall–Kier alpha value is -3.72. The summed E-state index contributed by atoms with van der Waals surface area (Å²) < 4.78 is 23.6. The van der Waals surface area contributed by atoms with Crippen LogP contribution in [-0.2, 0) is 0 Å². The van der Waals surface area contributed by atoms with Gasteiger partial charge in [-0.05, 0) is 48.5 Å². The van der Waals surface area contributed by atoms with Crippen molar-refractivity contribution in [3.63, 3.8) is 0 Å². The Morgan fingerprint density at radius 3 is 1.84 bits per heavy atom. The SMILES string of the molecule is COc1ccc(-c2nn(-c3nc(-c4ccc(Cl)cc4)cs3)c(-c3ccc(OC)c(OC)c3)c2Cl)cc1OC. The van der Waals surface area contributed by atoms with E-state index < -0.39 is 0 Å². The Morgan fingerprint density at radius 2 is 1.24 bits per heavy atom. The molecule has 2 heterocycles. The predicted octanol–water partition coefficient (Wildman–Crippen LogP) is 7.67. The van der Waals surface area contributed by atoms with E-state index in [1.54, 1.807) is 33.1 Å². The molecule has 0 N–H and O–H groups in total. The molecular formula is C28H23Cl2N3O4S. The molecule has 0 radical (unpaired) electrons. The number of methoxy groups -OCH3 is 4. The van der Waals surface area contributed by atoms with Crippen molar-refractivity contribution in [2.24, 2.45) is 0 Å². The second-order valence-corrected chi connectivity index (χ2v) is 9.74. The Morgan fingerprint density at radius 1 is 0.684 bits per heavy atom. The first-order valence-electron chi connectivity index (χ1n) is 11.4. The van der Waals surface area contributed by atoms with E-state index >= 15 is 0 Å². The zero-order chi connectivity index (χ0) is 26.8. The van der Waals surface area contributed by atoms with Crippen LogP contribution in [0.15, 0.2) is 66.0 Å². The number of rotatable bonds is 8. The molecule has 0 unspecified atom stereocenters. The fourth-order valence-corrected chi connectivity index (χ4v) is 5.30. The van der Waals surface area contributed by atoms with E-state index in [4.69, 9.17) is 52.2 Å². The van der Waals surface area contributed by atoms with Gasteiger partial charge in [0.25, 0.3) is 0 Å². The zero-order valence-electron chi connectivity index (χ0n) is 21.0. The van der Waals surface area contributed by atoms with Crippen LogP contribution in [0.3, 0.4) is 0 Å². The molecule has 0 saturated carbocycles. The fourth-order valence-electron chi connectivity index (χ4n) is 4.05. The average molecular weight is 568 g/mol. The number of benzene rings is 3. The van der Waals surface area contributed by atoms with E-state index in [1.165, 1.54) is 11.3 Å². The largest absolute Gasteiger partial charge is 0.493 e. The molecule has 0 bridgehead atoms. The smallest absolute Gasteiger partial charge is 0.211 e. The monoisotopic (exact) mass is 567 g/mol. The Kier molecular flexibility index (Phi) is 7.46. The number of ether oxygens (including phenoxy) is 4. The standard InChI is InChI=1S/C28H23Cl2N3O4S/c1-34-21-11-7-17(13-23(21)36-3)26-25(30)27(18-8-12-22(35-2)24(14-18)37-4)33(32-26)28-31-20(15-38-28)16-5-9-19(29)10-6-16/h5-15H,1-4H3. The Balaban J connectivity index is 1.70. The Bertz CT molecular complexity index is 1600. The van der Waals surface area contributed by atoms with Crippen LogP contribution in [-0.4, -0.2) is 43.2 Å².